The van der Waals surface area contributed by atoms with Gasteiger partial charge in [0.2, 0.25) is 10.0 Å². The van der Waals surface area contributed by atoms with Gasteiger partial charge >= 0.3 is 0 Å². The predicted octanol–water partition coefficient (Wildman–Crippen LogP) is 2.86. The highest BCUT2D eigenvalue weighted by Crippen LogP contribution is 2.27. The van der Waals surface area contributed by atoms with Crippen molar-refractivity contribution in [1.82, 2.24) is 9.73 Å². The van der Waals surface area contributed by atoms with Crippen LogP contribution in [0.15, 0.2) is 52.5 Å². The highest BCUT2D eigenvalue weighted by molar-refractivity contribution is 7.89. The first kappa shape index (κ1) is 21.9. The van der Waals surface area contributed by atoms with Crippen molar-refractivity contribution in [1.29, 1.82) is 0 Å². The summed E-state index contributed by atoms with van der Waals surface area (Å²) in [5.41, 5.74) is 3.22. The molecule has 0 radical (unpaired) electrons. The van der Waals surface area contributed by atoms with E-state index < -0.39 is 26.9 Å². The molecule has 30 heavy (non-hydrogen) atoms. The van der Waals surface area contributed by atoms with E-state index in [4.69, 9.17) is 11.6 Å². The van der Waals surface area contributed by atoms with Crippen molar-refractivity contribution in [2.24, 2.45) is 5.10 Å². The molecule has 2 aromatic rings. The molecule has 0 spiro atoms. The van der Waals surface area contributed by atoms with Crippen molar-refractivity contribution in [3.63, 3.8) is 0 Å². The smallest absolute Gasteiger partial charge is 0.271 e. The van der Waals surface area contributed by atoms with Gasteiger partial charge in [-0.25, -0.2) is 13.8 Å². The predicted molar refractivity (Wildman–Crippen MR) is 112 cm³/mol. The van der Waals surface area contributed by atoms with Gasteiger partial charge in [-0.15, -0.1) is 0 Å². The van der Waals surface area contributed by atoms with Gasteiger partial charge in [-0.1, -0.05) is 23.7 Å². The quantitative estimate of drug-likeness (QED) is 0.412. The lowest BCUT2D eigenvalue weighted by atomic mass is 10.1. The first-order valence-electron chi connectivity index (χ1n) is 9.05. The molecule has 1 amide bonds. The molecular weight excluding hydrogens is 432 g/mol. The molecule has 0 aromatic heterocycles. The fraction of sp³-hybridized carbons (Fsp3) is 0.263. The van der Waals surface area contributed by atoms with Gasteiger partial charge in [-0.05, 0) is 44.0 Å². The van der Waals surface area contributed by atoms with E-state index in [0.29, 0.717) is 29.0 Å². The maximum atomic E-state index is 12.9. The van der Waals surface area contributed by atoms with Gasteiger partial charge in [0.05, 0.1) is 16.0 Å². The Kier molecular flexibility index (Phi) is 6.49. The van der Waals surface area contributed by atoms with Crippen LogP contribution in [0.1, 0.15) is 24.0 Å². The van der Waals surface area contributed by atoms with Crippen molar-refractivity contribution in [3.8, 4) is 0 Å². The molecule has 158 valence electrons. The Morgan fingerprint density at radius 2 is 2.00 bits per heavy atom. The normalized spacial score (nSPS) is 17.3. The molecule has 9 nitrogen and oxygen atoms in total. The van der Waals surface area contributed by atoms with Crippen LogP contribution in [0.3, 0.4) is 0 Å². The van der Waals surface area contributed by atoms with E-state index in [0.717, 1.165) is 4.31 Å². The largest absolute Gasteiger partial charge is 0.272 e. The van der Waals surface area contributed by atoms with Crippen molar-refractivity contribution in [3.05, 3.63) is 68.7 Å². The number of nitrogens with one attached hydrogen (secondary N) is 1. The van der Waals surface area contributed by atoms with Gasteiger partial charge in [0, 0.05) is 28.8 Å². The lowest BCUT2D eigenvalue weighted by molar-refractivity contribution is -0.385. The summed E-state index contributed by atoms with van der Waals surface area (Å²) in [4.78, 5) is 23.1. The van der Waals surface area contributed by atoms with E-state index in [9.17, 15) is 23.3 Å². The number of aryl methyl sites for hydroxylation is 1. The first-order valence-corrected chi connectivity index (χ1v) is 10.9. The number of nitro benzene ring substituents is 1. The van der Waals surface area contributed by atoms with Crippen LogP contribution < -0.4 is 5.43 Å². The Bertz CT molecular complexity index is 1100. The number of hydrogen-bond donors (Lipinski definition) is 1. The van der Waals surface area contributed by atoms with Gasteiger partial charge in [-0.3, -0.25) is 14.9 Å². The molecule has 1 heterocycles. The molecule has 2 aromatic carbocycles. The molecule has 1 fully saturated rings. The van der Waals surface area contributed by atoms with Crippen molar-refractivity contribution >= 4 is 39.4 Å². The van der Waals surface area contributed by atoms with Crippen LogP contribution in [0, 0.1) is 17.0 Å². The molecule has 1 aliphatic heterocycles. The molecule has 11 heteroatoms. The van der Waals surface area contributed by atoms with Crippen molar-refractivity contribution in [2.45, 2.75) is 30.7 Å². The molecule has 0 bridgehead atoms. The van der Waals surface area contributed by atoms with E-state index in [-0.39, 0.29) is 17.1 Å². The van der Waals surface area contributed by atoms with Crippen LogP contribution in [0.2, 0.25) is 5.02 Å². The minimum atomic E-state index is -3.86. The molecule has 0 unspecified atom stereocenters. The van der Waals surface area contributed by atoms with E-state index in [1.165, 1.54) is 36.5 Å². The average Bonchev–Trinajstić information content (AvgIpc) is 3.20. The zero-order valence-corrected chi connectivity index (χ0v) is 17.6. The van der Waals surface area contributed by atoms with Gasteiger partial charge < -0.3 is 0 Å². The summed E-state index contributed by atoms with van der Waals surface area (Å²) in [6, 6.07) is 9.41. The number of halogens is 1. The van der Waals surface area contributed by atoms with Crippen LogP contribution in [-0.4, -0.2) is 42.4 Å². The fourth-order valence-electron chi connectivity index (χ4n) is 3.18. The number of benzene rings is 2. The summed E-state index contributed by atoms with van der Waals surface area (Å²) < 4.78 is 26.9. The second kappa shape index (κ2) is 8.90. The van der Waals surface area contributed by atoms with Gasteiger partial charge in [-0.2, -0.15) is 9.41 Å². The summed E-state index contributed by atoms with van der Waals surface area (Å²) >= 11 is 5.82. The minimum absolute atomic E-state index is 0.0543. The molecule has 1 atom stereocenters. The molecule has 1 saturated heterocycles. The number of rotatable bonds is 6. The third kappa shape index (κ3) is 4.66. The summed E-state index contributed by atoms with van der Waals surface area (Å²) in [7, 11) is -3.86. The van der Waals surface area contributed by atoms with Crippen molar-refractivity contribution < 1.29 is 18.1 Å². The van der Waals surface area contributed by atoms with Crippen LogP contribution in [0.4, 0.5) is 5.69 Å². The maximum absolute atomic E-state index is 12.9. The number of amides is 1. The lowest BCUT2D eigenvalue weighted by Gasteiger charge is -2.22. The van der Waals surface area contributed by atoms with Crippen molar-refractivity contribution in [2.75, 3.05) is 6.54 Å². The number of carbonyl (C=O) groups excluding carboxylic acids is 1. The maximum Gasteiger partial charge on any atom is 0.272 e. The van der Waals surface area contributed by atoms with Gasteiger partial charge in [0.1, 0.15) is 6.04 Å². The molecule has 0 saturated carbocycles. The monoisotopic (exact) mass is 450 g/mol. The Balaban J connectivity index is 1.72. The molecular formula is C19H19ClN4O5S. The molecule has 0 aliphatic carbocycles. The van der Waals surface area contributed by atoms with E-state index in [1.807, 2.05) is 0 Å². The van der Waals surface area contributed by atoms with Crippen LogP contribution >= 0.6 is 11.6 Å². The number of carbonyl (C=O) groups is 1. The highest BCUT2D eigenvalue weighted by Gasteiger charge is 2.39. The summed E-state index contributed by atoms with van der Waals surface area (Å²) in [5, 5.41) is 15.3. The van der Waals surface area contributed by atoms with Crippen LogP contribution in [0.5, 0.6) is 0 Å². The zero-order chi connectivity index (χ0) is 21.9. The summed E-state index contributed by atoms with van der Waals surface area (Å²) in [6.45, 7) is 1.84. The molecule has 1 N–H and O–H groups in total. The van der Waals surface area contributed by atoms with Crippen LogP contribution in [0.25, 0.3) is 0 Å². The standard InChI is InChI=1S/C19H19ClN4O5S/c1-13-4-5-14(11-18(13)24(26)27)12-21-22-19(25)17-3-2-10-23(17)30(28,29)16-8-6-15(20)7-9-16/h4-9,11-12,17H,2-3,10H2,1H3,(H,22,25)/t17-/m0/s1. The SMILES string of the molecule is Cc1ccc(C=NNC(=O)[C@@H]2CCCN2S(=O)(=O)c2ccc(Cl)cc2)cc1[N+](=O)[O-]. The second-order valence-corrected chi connectivity index (χ2v) is 9.09. The minimum Gasteiger partial charge on any atom is -0.271 e. The zero-order valence-electron chi connectivity index (χ0n) is 16.0. The first-order chi connectivity index (χ1) is 14.2. The Labute approximate surface area is 178 Å². The second-order valence-electron chi connectivity index (χ2n) is 6.76. The summed E-state index contributed by atoms with van der Waals surface area (Å²) in [6.07, 6.45) is 2.18. The fourth-order valence-corrected chi connectivity index (χ4v) is 4.96. The number of sulfonamides is 1. The van der Waals surface area contributed by atoms with Gasteiger partial charge in [0.15, 0.2) is 0 Å². The highest BCUT2D eigenvalue weighted by atomic mass is 35.5. The van der Waals surface area contributed by atoms with Crippen LogP contribution in [-0.2, 0) is 14.8 Å². The van der Waals surface area contributed by atoms with E-state index in [1.54, 1.807) is 19.1 Å². The number of hydrazone groups is 1. The molecule has 3 rings (SSSR count). The topological polar surface area (TPSA) is 122 Å². The third-order valence-electron chi connectivity index (χ3n) is 4.74. The number of nitro groups is 1. The molecule has 1 aliphatic rings. The van der Waals surface area contributed by atoms with E-state index >= 15 is 0 Å². The third-order valence-corrected chi connectivity index (χ3v) is 6.92. The Morgan fingerprint density at radius 3 is 2.67 bits per heavy atom. The summed E-state index contributed by atoms with van der Waals surface area (Å²) in [5.74, 6) is -0.567. The average molecular weight is 451 g/mol. The number of nitrogens with zero attached hydrogens (tertiary/aromatic N) is 3. The lowest BCUT2D eigenvalue weighted by Crippen LogP contribution is -2.44. The van der Waals surface area contributed by atoms with Gasteiger partial charge in [0.25, 0.3) is 11.6 Å². The Morgan fingerprint density at radius 1 is 1.30 bits per heavy atom. The number of hydrogen-bond acceptors (Lipinski definition) is 6. The Hall–Kier alpha value is -2.82. The van der Waals surface area contributed by atoms with E-state index in [2.05, 4.69) is 10.5 Å².